The van der Waals surface area contributed by atoms with E-state index in [1.54, 1.807) is 0 Å². The Morgan fingerprint density at radius 2 is 1.94 bits per heavy atom. The number of anilines is 1. The summed E-state index contributed by atoms with van der Waals surface area (Å²) in [5.74, 6) is 0. The molecule has 3 heteroatoms. The van der Waals surface area contributed by atoms with Gasteiger partial charge in [0, 0.05) is 40.8 Å². The zero-order valence-electron chi connectivity index (χ0n) is 10.4. The number of hydrogen-bond donors (Lipinski definition) is 0. The first kappa shape index (κ1) is 11.3. The average molecular weight is 257 g/mol. The summed E-state index contributed by atoms with van der Waals surface area (Å²) in [6.07, 6.45) is 1.89. The van der Waals surface area contributed by atoms with Crippen molar-refractivity contribution in [3.8, 4) is 11.1 Å². The first-order chi connectivity index (χ1) is 8.58. The number of pyridine rings is 1. The number of benzene rings is 1. The third-order valence-corrected chi connectivity index (χ3v) is 3.60. The summed E-state index contributed by atoms with van der Waals surface area (Å²) in [6, 6.07) is 8.04. The van der Waals surface area contributed by atoms with E-state index in [2.05, 4.69) is 28.6 Å². The Morgan fingerprint density at radius 3 is 2.72 bits per heavy atom. The zero-order valence-corrected chi connectivity index (χ0v) is 11.1. The topological polar surface area (TPSA) is 16.1 Å². The van der Waals surface area contributed by atoms with E-state index in [1.807, 2.05) is 32.3 Å². The number of aryl methyl sites for hydroxylation is 1. The zero-order chi connectivity index (χ0) is 12.9. The van der Waals surface area contributed by atoms with Crippen molar-refractivity contribution in [3.63, 3.8) is 0 Å². The standard InChI is InChI=1S/C15H13ClN2/c1-9-6-13-12-5-4-11(16)7-15(12)18(3)10(2)14(13)8-17-9/h4-8H,2H2,1,3H3. The average Bonchev–Trinajstić information content (AvgIpc) is 2.35. The van der Waals surface area contributed by atoms with Crippen LogP contribution >= 0.6 is 11.6 Å². The van der Waals surface area contributed by atoms with Gasteiger partial charge in [0.25, 0.3) is 0 Å². The molecule has 0 aliphatic carbocycles. The number of halogens is 1. The van der Waals surface area contributed by atoms with Crippen molar-refractivity contribution in [1.82, 2.24) is 4.98 Å². The van der Waals surface area contributed by atoms with Gasteiger partial charge in [-0.3, -0.25) is 4.98 Å². The van der Waals surface area contributed by atoms with Crippen LogP contribution in [0.25, 0.3) is 16.8 Å². The van der Waals surface area contributed by atoms with Gasteiger partial charge >= 0.3 is 0 Å². The van der Waals surface area contributed by atoms with Gasteiger partial charge in [-0.1, -0.05) is 24.2 Å². The third kappa shape index (κ3) is 1.53. The molecule has 0 N–H and O–H groups in total. The maximum atomic E-state index is 6.08. The fourth-order valence-electron chi connectivity index (χ4n) is 2.35. The molecule has 3 rings (SSSR count). The lowest BCUT2D eigenvalue weighted by Crippen LogP contribution is -2.20. The Kier molecular flexibility index (Phi) is 2.42. The number of aromatic nitrogens is 1. The summed E-state index contributed by atoms with van der Waals surface area (Å²) in [5.41, 5.74) is 6.48. The molecular weight excluding hydrogens is 244 g/mol. The molecule has 18 heavy (non-hydrogen) atoms. The van der Waals surface area contributed by atoms with Gasteiger partial charge in [0.1, 0.15) is 0 Å². The lowest BCUT2D eigenvalue weighted by Gasteiger charge is -2.31. The predicted molar refractivity (Wildman–Crippen MR) is 76.9 cm³/mol. The molecule has 0 unspecified atom stereocenters. The van der Waals surface area contributed by atoms with Crippen LogP contribution in [0.15, 0.2) is 37.0 Å². The first-order valence-corrected chi connectivity index (χ1v) is 6.15. The Balaban J connectivity index is 2.36. The van der Waals surface area contributed by atoms with Crippen molar-refractivity contribution in [2.45, 2.75) is 6.92 Å². The fraction of sp³-hybridized carbons (Fsp3) is 0.133. The molecule has 1 aromatic carbocycles. The van der Waals surface area contributed by atoms with Gasteiger partial charge in [-0.25, -0.2) is 0 Å². The van der Waals surface area contributed by atoms with Crippen LogP contribution in [0.5, 0.6) is 0 Å². The van der Waals surface area contributed by atoms with Crippen molar-refractivity contribution in [2.75, 3.05) is 11.9 Å². The van der Waals surface area contributed by atoms with E-state index in [-0.39, 0.29) is 0 Å². The van der Waals surface area contributed by atoms with Gasteiger partial charge in [-0.15, -0.1) is 0 Å². The normalized spacial score (nSPS) is 13.3. The van der Waals surface area contributed by atoms with E-state index in [0.717, 1.165) is 27.7 Å². The summed E-state index contributed by atoms with van der Waals surface area (Å²) in [7, 11) is 2.00. The van der Waals surface area contributed by atoms with Gasteiger partial charge in [-0.2, -0.15) is 0 Å². The second-order valence-corrected chi connectivity index (χ2v) is 4.97. The lowest BCUT2D eigenvalue weighted by atomic mass is 9.93. The van der Waals surface area contributed by atoms with Crippen LogP contribution in [-0.4, -0.2) is 12.0 Å². The molecule has 0 amide bonds. The SMILES string of the molecule is C=C1c2cnc(C)cc2-c2ccc(Cl)cc2N1C. The Bertz CT molecular complexity index is 662. The smallest absolute Gasteiger partial charge is 0.0502 e. The van der Waals surface area contributed by atoms with Gasteiger partial charge in [0.2, 0.25) is 0 Å². The minimum absolute atomic E-state index is 0.739. The van der Waals surface area contributed by atoms with Crippen LogP contribution in [0.2, 0.25) is 5.02 Å². The second-order valence-electron chi connectivity index (χ2n) is 4.54. The van der Waals surface area contributed by atoms with Gasteiger partial charge in [0.15, 0.2) is 0 Å². The highest BCUT2D eigenvalue weighted by atomic mass is 35.5. The van der Waals surface area contributed by atoms with Crippen molar-refractivity contribution in [2.24, 2.45) is 0 Å². The molecular formula is C15H13ClN2. The highest BCUT2D eigenvalue weighted by Gasteiger charge is 2.23. The Morgan fingerprint density at radius 1 is 1.17 bits per heavy atom. The minimum atomic E-state index is 0.739. The van der Waals surface area contributed by atoms with E-state index < -0.39 is 0 Å². The molecule has 0 atom stereocenters. The van der Waals surface area contributed by atoms with Crippen molar-refractivity contribution >= 4 is 23.0 Å². The quantitative estimate of drug-likeness (QED) is 0.705. The molecule has 1 aliphatic rings. The molecule has 90 valence electrons. The largest absolute Gasteiger partial charge is 0.344 e. The molecule has 2 heterocycles. The van der Waals surface area contributed by atoms with Crippen LogP contribution < -0.4 is 4.90 Å². The van der Waals surface area contributed by atoms with Crippen molar-refractivity contribution < 1.29 is 0 Å². The van der Waals surface area contributed by atoms with E-state index in [1.165, 1.54) is 11.1 Å². The molecule has 0 fully saturated rings. The van der Waals surface area contributed by atoms with Crippen molar-refractivity contribution in [3.05, 3.63) is 53.3 Å². The van der Waals surface area contributed by atoms with Gasteiger partial charge in [0.05, 0.1) is 5.69 Å². The highest BCUT2D eigenvalue weighted by molar-refractivity contribution is 6.31. The maximum Gasteiger partial charge on any atom is 0.0502 e. The number of rotatable bonds is 0. The first-order valence-electron chi connectivity index (χ1n) is 5.77. The summed E-state index contributed by atoms with van der Waals surface area (Å²) < 4.78 is 0. The number of nitrogens with zero attached hydrogens (tertiary/aromatic N) is 2. The molecule has 2 nitrogen and oxygen atoms in total. The van der Waals surface area contributed by atoms with Crippen LogP contribution in [0.1, 0.15) is 11.3 Å². The van der Waals surface area contributed by atoms with E-state index in [9.17, 15) is 0 Å². The van der Waals surface area contributed by atoms with Gasteiger partial charge in [-0.05, 0) is 30.7 Å². The summed E-state index contributed by atoms with van der Waals surface area (Å²) in [4.78, 5) is 6.41. The van der Waals surface area contributed by atoms with Crippen molar-refractivity contribution in [1.29, 1.82) is 0 Å². The summed E-state index contributed by atoms with van der Waals surface area (Å²) >= 11 is 6.08. The van der Waals surface area contributed by atoms with Crippen LogP contribution in [0.4, 0.5) is 5.69 Å². The van der Waals surface area contributed by atoms with Crippen LogP contribution in [-0.2, 0) is 0 Å². The van der Waals surface area contributed by atoms with Crippen LogP contribution in [0.3, 0.4) is 0 Å². The molecule has 2 aromatic rings. The van der Waals surface area contributed by atoms with E-state index >= 15 is 0 Å². The number of fused-ring (bicyclic) bond motifs is 3. The Hall–Kier alpha value is -1.80. The monoisotopic (exact) mass is 256 g/mol. The molecule has 1 aromatic heterocycles. The molecule has 0 spiro atoms. The summed E-state index contributed by atoms with van der Waals surface area (Å²) in [5, 5.41) is 0.739. The Labute approximate surface area is 112 Å². The van der Waals surface area contributed by atoms with E-state index in [4.69, 9.17) is 11.6 Å². The third-order valence-electron chi connectivity index (χ3n) is 3.37. The fourth-order valence-corrected chi connectivity index (χ4v) is 2.52. The molecule has 0 bridgehead atoms. The minimum Gasteiger partial charge on any atom is -0.344 e. The predicted octanol–water partition coefficient (Wildman–Crippen LogP) is 4.13. The lowest BCUT2D eigenvalue weighted by molar-refractivity contribution is 1.15. The molecule has 0 saturated heterocycles. The molecule has 0 saturated carbocycles. The van der Waals surface area contributed by atoms with Crippen LogP contribution in [0, 0.1) is 6.92 Å². The highest BCUT2D eigenvalue weighted by Crippen LogP contribution is 2.43. The second kappa shape index (κ2) is 3.85. The van der Waals surface area contributed by atoms with Gasteiger partial charge < -0.3 is 4.90 Å². The summed E-state index contributed by atoms with van der Waals surface area (Å²) in [6.45, 7) is 6.13. The van der Waals surface area contributed by atoms with E-state index in [0.29, 0.717) is 0 Å². The molecule has 0 radical (unpaired) electrons. The molecule has 1 aliphatic heterocycles. The number of hydrogen-bond acceptors (Lipinski definition) is 2. The maximum absolute atomic E-state index is 6.08.